The summed E-state index contributed by atoms with van der Waals surface area (Å²) in [6.07, 6.45) is -0.564. The fourth-order valence-corrected chi connectivity index (χ4v) is 6.56. The number of aliphatic hydroxyl groups excluding tert-OH is 1. The Labute approximate surface area is 355 Å². The first-order valence-electron chi connectivity index (χ1n) is 19.0. The van der Waals surface area contributed by atoms with Crippen molar-refractivity contribution >= 4 is 23.0 Å². The molecule has 4 aromatic rings. The van der Waals surface area contributed by atoms with Crippen LogP contribution in [0.4, 0.5) is 11.4 Å². The summed E-state index contributed by atoms with van der Waals surface area (Å²) in [6, 6.07) is 37.5. The average molecular weight is 767 g/mol. The minimum Gasteiger partial charge on any atom is -1.00 e. The van der Waals surface area contributed by atoms with Crippen LogP contribution < -0.4 is 39.4 Å². The molecule has 54 heavy (non-hydrogen) atoms. The van der Waals surface area contributed by atoms with E-state index in [-0.39, 0.29) is 37.1 Å². The Kier molecular flexibility index (Phi) is 21.2. The first-order valence-corrected chi connectivity index (χ1v) is 19.5. The SMILES string of the molecule is CN(C)CCCl.CN(C)CCOC(c1ccccc1)c1ccc(N2CCN(C)CC2)cc1.CN1CCN(c2ccc(C(O)c3ccccc3)cc2)CC1.[H-].[Na+]. The summed E-state index contributed by atoms with van der Waals surface area (Å²) in [5.41, 5.74) is 6.85. The van der Waals surface area contributed by atoms with Crippen LogP contribution >= 0.6 is 11.6 Å². The monoisotopic (exact) mass is 766 g/mol. The number of alkyl halides is 1. The van der Waals surface area contributed by atoms with Gasteiger partial charge in [0.05, 0.1) is 6.61 Å². The van der Waals surface area contributed by atoms with Crippen molar-refractivity contribution in [2.24, 2.45) is 0 Å². The minimum atomic E-state index is -0.548. The van der Waals surface area contributed by atoms with E-state index >= 15 is 0 Å². The molecule has 2 heterocycles. The number of ether oxygens (including phenoxy) is 1. The van der Waals surface area contributed by atoms with E-state index in [1.165, 1.54) is 22.5 Å². The van der Waals surface area contributed by atoms with E-state index in [4.69, 9.17) is 16.3 Å². The molecule has 2 aliphatic heterocycles. The molecule has 0 saturated carbocycles. The molecule has 1 N–H and O–H groups in total. The Hall–Kier alpha value is -2.47. The van der Waals surface area contributed by atoms with Gasteiger partial charge in [0, 0.05) is 82.7 Å². The fraction of sp³-hybridized carbons (Fsp3) is 0.455. The molecule has 6 rings (SSSR count). The van der Waals surface area contributed by atoms with E-state index in [1.807, 2.05) is 61.5 Å². The van der Waals surface area contributed by atoms with Crippen LogP contribution in [0.15, 0.2) is 109 Å². The molecule has 0 spiro atoms. The Morgan fingerprint density at radius 2 is 0.944 bits per heavy atom. The number of aliphatic hydroxyl groups is 1. The molecule has 290 valence electrons. The zero-order chi connectivity index (χ0) is 38.0. The van der Waals surface area contributed by atoms with Gasteiger partial charge in [0.25, 0.3) is 0 Å². The van der Waals surface area contributed by atoms with Gasteiger partial charge >= 0.3 is 29.6 Å². The third-order valence-electron chi connectivity index (χ3n) is 9.71. The summed E-state index contributed by atoms with van der Waals surface area (Å²) in [4.78, 5) is 13.8. The Bertz CT molecular complexity index is 1540. The molecule has 2 atom stereocenters. The van der Waals surface area contributed by atoms with Gasteiger partial charge in [-0.3, -0.25) is 0 Å². The maximum atomic E-state index is 10.4. The predicted molar refractivity (Wildman–Crippen MR) is 226 cm³/mol. The zero-order valence-corrected chi connectivity index (χ0v) is 36.7. The summed E-state index contributed by atoms with van der Waals surface area (Å²) >= 11 is 5.35. The molecule has 0 amide bonds. The number of nitrogens with zero attached hydrogens (tertiary/aromatic N) is 6. The van der Waals surface area contributed by atoms with Crippen molar-refractivity contribution in [3.63, 3.8) is 0 Å². The van der Waals surface area contributed by atoms with E-state index in [2.05, 4.69) is 119 Å². The summed E-state index contributed by atoms with van der Waals surface area (Å²) in [7, 11) is 12.5. The van der Waals surface area contributed by atoms with E-state index in [0.29, 0.717) is 6.61 Å². The van der Waals surface area contributed by atoms with Crippen molar-refractivity contribution in [3.05, 3.63) is 131 Å². The molecule has 8 nitrogen and oxygen atoms in total. The largest absolute Gasteiger partial charge is 1.00 e. The maximum Gasteiger partial charge on any atom is 1.00 e. The molecule has 10 heteroatoms. The second kappa shape index (κ2) is 24.9. The van der Waals surface area contributed by atoms with Crippen molar-refractivity contribution in [3.8, 4) is 0 Å². The van der Waals surface area contributed by atoms with Gasteiger partial charge in [-0.15, -0.1) is 11.6 Å². The molecule has 0 bridgehead atoms. The summed E-state index contributed by atoms with van der Waals surface area (Å²) in [5, 5.41) is 10.4. The zero-order valence-electron chi connectivity index (χ0n) is 34.9. The molecule has 0 aliphatic carbocycles. The van der Waals surface area contributed by atoms with Gasteiger partial charge in [0.2, 0.25) is 0 Å². The molecule has 4 aromatic carbocycles. The van der Waals surface area contributed by atoms with Gasteiger partial charge in [0.15, 0.2) is 0 Å². The first-order chi connectivity index (χ1) is 25.6. The molecule has 2 saturated heterocycles. The van der Waals surface area contributed by atoms with E-state index in [9.17, 15) is 5.11 Å². The Morgan fingerprint density at radius 1 is 0.574 bits per heavy atom. The smallest absolute Gasteiger partial charge is 1.00 e. The number of piperazine rings is 2. The molecule has 0 radical (unpaired) electrons. The van der Waals surface area contributed by atoms with Crippen molar-refractivity contribution in [2.75, 3.05) is 130 Å². The van der Waals surface area contributed by atoms with Crippen molar-refractivity contribution in [2.45, 2.75) is 12.2 Å². The normalized spacial score (nSPS) is 16.1. The Morgan fingerprint density at radius 3 is 1.33 bits per heavy atom. The van der Waals surface area contributed by atoms with Crippen molar-refractivity contribution in [1.82, 2.24) is 19.6 Å². The van der Waals surface area contributed by atoms with Crippen LogP contribution in [0.5, 0.6) is 0 Å². The van der Waals surface area contributed by atoms with E-state index in [1.54, 1.807) is 0 Å². The summed E-state index contributed by atoms with van der Waals surface area (Å²) in [5.74, 6) is 0.729. The molecule has 2 aliphatic rings. The van der Waals surface area contributed by atoms with Gasteiger partial charge in [-0.1, -0.05) is 84.9 Å². The van der Waals surface area contributed by atoms with E-state index < -0.39 is 6.10 Å². The average Bonchev–Trinajstić information content (AvgIpc) is 3.18. The van der Waals surface area contributed by atoms with Crippen LogP contribution in [0.2, 0.25) is 0 Å². The second-order valence-corrected chi connectivity index (χ2v) is 14.9. The standard InChI is InChI=1S/C22H31N3O.C18H22N2O.C4H10ClN.Na.H/c1-23(2)17-18-26-22(19-7-5-4-6-8-19)20-9-11-21(12-10-20)25-15-13-24(3)14-16-25;1-19-11-13-20(14-12-19)17-9-7-16(8-10-17)18(21)15-5-3-2-4-6-15;1-6(2)4-3-5;;/h4-12,22H,13-18H2,1-3H3;2-10,18,21H,11-14H2,1H3;3-4H2,1-2H3;;/q;;;+1;-1. The maximum absolute atomic E-state index is 10.4. The second-order valence-electron chi connectivity index (χ2n) is 14.5. The quantitative estimate of drug-likeness (QED) is 0.174. The Balaban J connectivity index is 0.000000326. The fourth-order valence-electron chi connectivity index (χ4n) is 6.22. The van der Waals surface area contributed by atoms with Crippen molar-refractivity contribution < 1.29 is 40.8 Å². The number of halogens is 1. The predicted octanol–water partition coefficient (Wildman–Crippen LogP) is 3.53. The van der Waals surface area contributed by atoms with Crippen LogP contribution in [0, 0.1) is 0 Å². The summed E-state index contributed by atoms with van der Waals surface area (Å²) in [6.45, 7) is 11.4. The number of likely N-dealkylation sites (N-methyl/N-ethyl adjacent to an activating group) is 3. The van der Waals surface area contributed by atoms with Crippen LogP contribution in [-0.2, 0) is 4.74 Å². The number of hydrogen-bond acceptors (Lipinski definition) is 8. The van der Waals surface area contributed by atoms with Crippen LogP contribution in [-0.4, -0.2) is 145 Å². The topological polar surface area (TPSA) is 48.9 Å². The minimum absolute atomic E-state index is 0. The number of benzene rings is 4. The number of rotatable bonds is 12. The van der Waals surface area contributed by atoms with Crippen molar-refractivity contribution in [1.29, 1.82) is 0 Å². The third kappa shape index (κ3) is 15.6. The molecule has 2 fully saturated rings. The molecule has 2 unspecified atom stereocenters. The first kappa shape index (κ1) is 45.9. The van der Waals surface area contributed by atoms with Gasteiger partial charge in [-0.2, -0.15) is 0 Å². The number of hydrogen-bond donors (Lipinski definition) is 1. The molecule has 0 aromatic heterocycles. The van der Waals surface area contributed by atoms with Crippen LogP contribution in [0.3, 0.4) is 0 Å². The van der Waals surface area contributed by atoms with Gasteiger partial charge < -0.3 is 40.7 Å². The molecular formula is C44H64ClN6NaO2. The van der Waals surface area contributed by atoms with Crippen LogP contribution in [0.1, 0.15) is 35.9 Å². The van der Waals surface area contributed by atoms with Gasteiger partial charge in [0.1, 0.15) is 12.2 Å². The third-order valence-corrected chi connectivity index (χ3v) is 9.88. The summed E-state index contributed by atoms with van der Waals surface area (Å²) < 4.78 is 6.26. The molecular weight excluding hydrogens is 703 g/mol. The van der Waals surface area contributed by atoms with Gasteiger partial charge in [-0.05, 0) is 88.8 Å². The van der Waals surface area contributed by atoms with Crippen LogP contribution in [0.25, 0.3) is 0 Å². The number of anilines is 2. The van der Waals surface area contributed by atoms with Gasteiger partial charge in [-0.25, -0.2) is 0 Å². The van der Waals surface area contributed by atoms with E-state index in [0.717, 1.165) is 82.5 Å².